The molecule has 0 spiro atoms. The van der Waals surface area contributed by atoms with Gasteiger partial charge in [-0.25, -0.2) is 0 Å². The lowest BCUT2D eigenvalue weighted by Gasteiger charge is -2.26. The van der Waals surface area contributed by atoms with Crippen LogP contribution in [0.4, 0.5) is 0 Å². The van der Waals surface area contributed by atoms with E-state index in [2.05, 4.69) is 5.32 Å². The molecule has 1 fully saturated rings. The van der Waals surface area contributed by atoms with Crippen LogP contribution in [0.1, 0.15) is 37.4 Å². The number of carbonyl (C=O) groups is 1. The first-order chi connectivity index (χ1) is 11.5. The lowest BCUT2D eigenvalue weighted by Crippen LogP contribution is -2.39. The molecule has 1 amide bonds. The van der Waals surface area contributed by atoms with Crippen LogP contribution in [0.25, 0.3) is 0 Å². The van der Waals surface area contributed by atoms with Crippen LogP contribution in [0.15, 0.2) is 12.1 Å². The Morgan fingerprint density at radius 1 is 1.38 bits per heavy atom. The van der Waals surface area contributed by atoms with Gasteiger partial charge in [0.2, 0.25) is 5.91 Å². The summed E-state index contributed by atoms with van der Waals surface area (Å²) < 4.78 is 11.0. The number of fused-ring (bicyclic) bond motifs is 1. The van der Waals surface area contributed by atoms with E-state index in [4.69, 9.17) is 26.8 Å². The van der Waals surface area contributed by atoms with Gasteiger partial charge in [-0.05, 0) is 37.0 Å². The summed E-state index contributed by atoms with van der Waals surface area (Å²) in [7, 11) is 0. The highest BCUT2D eigenvalue weighted by atomic mass is 35.5. The summed E-state index contributed by atoms with van der Waals surface area (Å²) in [5, 5.41) is 13.6. The van der Waals surface area contributed by atoms with Crippen molar-refractivity contribution in [1.82, 2.24) is 5.32 Å². The second-order valence-corrected chi connectivity index (χ2v) is 6.82. The fourth-order valence-corrected chi connectivity index (χ4v) is 3.52. The standard InChI is InChI=1S/C17H23ClN2O4/c18-13-7-11(8-15-16(13)24-5-4-23-15)14(21)9-20-17(22)10-2-1-3-12(19)6-10/h7-8,10,12,14,21H,1-6,9,19H2,(H,20,22). The SMILES string of the molecule is NC1CCCC(C(=O)NCC(O)c2cc(Cl)c3c(c2)OCCO3)C1. The van der Waals surface area contributed by atoms with Crippen molar-refractivity contribution in [2.24, 2.45) is 11.7 Å². The number of halogens is 1. The van der Waals surface area contributed by atoms with E-state index in [0.29, 0.717) is 41.7 Å². The number of hydrogen-bond acceptors (Lipinski definition) is 5. The molecule has 1 aliphatic carbocycles. The third kappa shape index (κ3) is 3.94. The van der Waals surface area contributed by atoms with Crippen molar-refractivity contribution in [1.29, 1.82) is 0 Å². The molecule has 0 radical (unpaired) electrons. The molecule has 3 rings (SSSR count). The van der Waals surface area contributed by atoms with Crippen molar-refractivity contribution < 1.29 is 19.4 Å². The lowest BCUT2D eigenvalue weighted by molar-refractivity contribution is -0.126. The van der Waals surface area contributed by atoms with Gasteiger partial charge in [-0.2, -0.15) is 0 Å². The van der Waals surface area contributed by atoms with Crippen molar-refractivity contribution in [3.8, 4) is 11.5 Å². The van der Waals surface area contributed by atoms with Gasteiger partial charge in [0.05, 0.1) is 11.1 Å². The van der Waals surface area contributed by atoms with E-state index >= 15 is 0 Å². The zero-order chi connectivity index (χ0) is 17.1. The van der Waals surface area contributed by atoms with Crippen LogP contribution in [0, 0.1) is 5.92 Å². The van der Waals surface area contributed by atoms with Gasteiger partial charge in [-0.15, -0.1) is 0 Å². The van der Waals surface area contributed by atoms with E-state index < -0.39 is 6.10 Å². The summed E-state index contributed by atoms with van der Waals surface area (Å²) >= 11 is 6.17. The van der Waals surface area contributed by atoms with Gasteiger partial charge in [-0.3, -0.25) is 4.79 Å². The number of ether oxygens (including phenoxy) is 2. The maximum atomic E-state index is 12.2. The Morgan fingerprint density at radius 3 is 2.96 bits per heavy atom. The number of amides is 1. The van der Waals surface area contributed by atoms with E-state index in [1.807, 2.05) is 0 Å². The smallest absolute Gasteiger partial charge is 0.223 e. The predicted molar refractivity (Wildman–Crippen MR) is 90.3 cm³/mol. The number of hydrogen-bond donors (Lipinski definition) is 3. The number of rotatable bonds is 4. The highest BCUT2D eigenvalue weighted by molar-refractivity contribution is 6.32. The molecule has 1 saturated carbocycles. The van der Waals surface area contributed by atoms with E-state index in [-0.39, 0.29) is 24.4 Å². The molecule has 1 aromatic rings. The summed E-state index contributed by atoms with van der Waals surface area (Å²) in [6.07, 6.45) is 2.64. The summed E-state index contributed by atoms with van der Waals surface area (Å²) in [6.45, 7) is 1.02. The highest BCUT2D eigenvalue weighted by Crippen LogP contribution is 2.39. The molecule has 1 aliphatic heterocycles. The molecule has 24 heavy (non-hydrogen) atoms. The summed E-state index contributed by atoms with van der Waals surface area (Å²) in [5.41, 5.74) is 6.51. The maximum Gasteiger partial charge on any atom is 0.223 e. The number of nitrogens with one attached hydrogen (secondary N) is 1. The molecule has 1 aromatic carbocycles. The number of nitrogens with two attached hydrogens (primary N) is 1. The monoisotopic (exact) mass is 354 g/mol. The Labute approximate surface area is 146 Å². The van der Waals surface area contributed by atoms with Crippen molar-refractivity contribution >= 4 is 17.5 Å². The van der Waals surface area contributed by atoms with Crippen molar-refractivity contribution in [2.75, 3.05) is 19.8 Å². The molecule has 0 saturated heterocycles. The number of aliphatic hydroxyl groups excluding tert-OH is 1. The van der Waals surface area contributed by atoms with Crippen LogP contribution in [-0.2, 0) is 4.79 Å². The Balaban J connectivity index is 1.59. The first-order valence-electron chi connectivity index (χ1n) is 8.35. The van der Waals surface area contributed by atoms with Crippen molar-refractivity contribution in [3.05, 3.63) is 22.7 Å². The molecule has 4 N–H and O–H groups in total. The second-order valence-electron chi connectivity index (χ2n) is 6.41. The molecular formula is C17H23ClN2O4. The van der Waals surface area contributed by atoms with Crippen LogP contribution < -0.4 is 20.5 Å². The molecular weight excluding hydrogens is 332 g/mol. The largest absolute Gasteiger partial charge is 0.486 e. The summed E-state index contributed by atoms with van der Waals surface area (Å²) in [5.74, 6) is 0.907. The summed E-state index contributed by atoms with van der Waals surface area (Å²) in [4.78, 5) is 12.2. The molecule has 1 heterocycles. The van der Waals surface area contributed by atoms with Gasteiger partial charge in [-0.1, -0.05) is 18.0 Å². The fourth-order valence-electron chi connectivity index (χ4n) is 3.25. The van der Waals surface area contributed by atoms with Gasteiger partial charge in [0.25, 0.3) is 0 Å². The normalized spacial score (nSPS) is 24.3. The predicted octanol–water partition coefficient (Wildman–Crippen LogP) is 1.78. The average Bonchev–Trinajstić information content (AvgIpc) is 2.59. The van der Waals surface area contributed by atoms with E-state index in [9.17, 15) is 9.90 Å². The molecule has 0 bridgehead atoms. The molecule has 3 unspecified atom stereocenters. The quantitative estimate of drug-likeness (QED) is 0.766. The Bertz CT molecular complexity index is 610. The van der Waals surface area contributed by atoms with Gasteiger partial charge < -0.3 is 25.6 Å². The molecule has 7 heteroatoms. The minimum absolute atomic E-state index is 0.0483. The summed E-state index contributed by atoms with van der Waals surface area (Å²) in [6, 6.07) is 3.44. The number of benzene rings is 1. The number of carbonyl (C=O) groups excluding carboxylic acids is 1. The Hall–Kier alpha value is -1.50. The fraction of sp³-hybridized carbons (Fsp3) is 0.588. The van der Waals surface area contributed by atoms with Crippen molar-refractivity contribution in [3.63, 3.8) is 0 Å². The Morgan fingerprint density at radius 2 is 2.17 bits per heavy atom. The lowest BCUT2D eigenvalue weighted by atomic mass is 9.85. The van der Waals surface area contributed by atoms with Crippen LogP contribution in [0.3, 0.4) is 0 Å². The zero-order valence-corrected chi connectivity index (χ0v) is 14.2. The van der Waals surface area contributed by atoms with E-state index in [1.165, 1.54) is 0 Å². The third-order valence-electron chi connectivity index (χ3n) is 4.56. The average molecular weight is 355 g/mol. The van der Waals surface area contributed by atoms with Crippen LogP contribution in [0.5, 0.6) is 11.5 Å². The Kier molecular flexibility index (Phi) is 5.48. The highest BCUT2D eigenvalue weighted by Gasteiger charge is 2.26. The van der Waals surface area contributed by atoms with Crippen LogP contribution in [0.2, 0.25) is 5.02 Å². The first kappa shape index (κ1) is 17.3. The molecule has 2 aliphatic rings. The molecule has 132 valence electrons. The first-order valence-corrected chi connectivity index (χ1v) is 8.73. The molecule has 3 atom stereocenters. The third-order valence-corrected chi connectivity index (χ3v) is 4.84. The van der Waals surface area contributed by atoms with Crippen LogP contribution in [-0.4, -0.2) is 36.8 Å². The van der Waals surface area contributed by atoms with Gasteiger partial charge in [0.15, 0.2) is 11.5 Å². The zero-order valence-electron chi connectivity index (χ0n) is 13.5. The minimum Gasteiger partial charge on any atom is -0.486 e. The van der Waals surface area contributed by atoms with Gasteiger partial charge >= 0.3 is 0 Å². The maximum absolute atomic E-state index is 12.2. The minimum atomic E-state index is -0.862. The van der Waals surface area contributed by atoms with E-state index in [1.54, 1.807) is 12.1 Å². The number of aliphatic hydroxyl groups is 1. The van der Waals surface area contributed by atoms with Crippen LogP contribution >= 0.6 is 11.6 Å². The molecule has 6 nitrogen and oxygen atoms in total. The second kappa shape index (κ2) is 7.59. The van der Waals surface area contributed by atoms with Gasteiger partial charge in [0.1, 0.15) is 13.2 Å². The molecule has 0 aromatic heterocycles. The van der Waals surface area contributed by atoms with Gasteiger partial charge in [0, 0.05) is 18.5 Å². The van der Waals surface area contributed by atoms with Crippen molar-refractivity contribution in [2.45, 2.75) is 37.8 Å². The topological polar surface area (TPSA) is 93.8 Å². The van der Waals surface area contributed by atoms with E-state index in [0.717, 1.165) is 19.3 Å².